The van der Waals surface area contributed by atoms with Gasteiger partial charge in [-0.1, -0.05) is 345 Å². The first-order valence-electron chi connectivity index (χ1n) is 40.5. The summed E-state index contributed by atoms with van der Waals surface area (Å²) in [7, 11) is 0. The van der Waals surface area contributed by atoms with Crippen LogP contribution in [0, 0.1) is 13.8 Å². The van der Waals surface area contributed by atoms with Crippen molar-refractivity contribution >= 4 is 44.7 Å². The van der Waals surface area contributed by atoms with Crippen LogP contribution in [0.5, 0.6) is 0 Å². The van der Waals surface area contributed by atoms with Crippen LogP contribution in [0.25, 0.3) is 211 Å². The molecule has 20 aromatic rings. The number of hydrogen-bond donors (Lipinski definition) is 0. The Balaban J connectivity index is 0.622. The Morgan fingerprint density at radius 1 is 0.158 bits per heavy atom. The van der Waals surface area contributed by atoms with Gasteiger partial charge in [-0.25, -0.2) is 0 Å². The zero-order valence-corrected chi connectivity index (χ0v) is 67.5. The lowest BCUT2D eigenvalue weighted by Crippen LogP contribution is -1.93. The van der Waals surface area contributed by atoms with Crippen LogP contribution >= 0.6 is 23.2 Å². The van der Waals surface area contributed by atoms with Gasteiger partial charge in [0.1, 0.15) is 0 Å². The summed E-state index contributed by atoms with van der Waals surface area (Å²) in [4.78, 5) is 20.5. The highest BCUT2D eigenvalue weighted by atomic mass is 35.5. The minimum atomic E-state index is 0.634. The number of pyridine rings is 4. The van der Waals surface area contributed by atoms with Crippen molar-refractivity contribution in [2.24, 2.45) is 0 Å². The summed E-state index contributed by atoms with van der Waals surface area (Å²) in [6.07, 6.45) is 8.02. The highest BCUT2D eigenvalue weighted by molar-refractivity contribution is 6.32. The molecule has 0 aliphatic carbocycles. The van der Waals surface area contributed by atoms with Crippen LogP contribution in [0.3, 0.4) is 0 Å². The van der Waals surface area contributed by atoms with Crippen molar-refractivity contribution in [2.75, 3.05) is 0 Å². The van der Waals surface area contributed by atoms with Gasteiger partial charge in [0.05, 0.1) is 22.8 Å². The van der Waals surface area contributed by atoms with Crippen LogP contribution in [0.2, 0.25) is 10.0 Å². The Kier molecular flexibility index (Phi) is 20.0. The number of aromatic nitrogens is 4. The van der Waals surface area contributed by atoms with Gasteiger partial charge in [0.15, 0.2) is 0 Å². The first-order valence-corrected chi connectivity index (χ1v) is 41.3. The Hall–Kier alpha value is -14.8. The second-order valence-corrected chi connectivity index (χ2v) is 31.6. The molecule has 4 nitrogen and oxygen atoms in total. The predicted octanol–water partition coefficient (Wildman–Crippen LogP) is 31.8. The summed E-state index contributed by atoms with van der Waals surface area (Å²) in [5, 5.41) is 5.86. The van der Waals surface area contributed by atoms with E-state index in [1.807, 2.05) is 24.8 Å². The highest BCUT2D eigenvalue weighted by Gasteiger charge is 2.21. The topological polar surface area (TPSA) is 51.6 Å². The Morgan fingerprint density at radius 2 is 0.458 bits per heavy atom. The van der Waals surface area contributed by atoms with Crippen LogP contribution in [0.4, 0.5) is 0 Å². The lowest BCUT2D eigenvalue weighted by atomic mass is 9.87. The van der Waals surface area contributed by atoms with E-state index in [0.717, 1.165) is 189 Å². The molecular weight excluding hydrogens is 1500 g/mol. The molecule has 0 spiro atoms. The standard InChI is InChI=1S/C114H76Cl2N4/c1-73-58-113(119-71-109(73)84-30-19-28-82(60-84)75-22-5-3-6-23-75)80-46-42-78(43-47-80)95-32-11-14-36-99(95)91-63-92(67-94(116)66-91)108-68-86(50-53-102(108)79-44-48-81(49-45-79)114-59-74(2)110(72-120-114)85-31-20-29-83(61-85)76-24-7-4-8-25-76)103-54-55-107(105-40-18-17-39-104(103)105)112-57-52-88(70-118-112)98-35-13-16-38-101(98)90-62-89(64-93(115)65-90)100-37-15-12-34-97(100)87-51-56-111(117-69-87)106-41-21-27-77-26-9-10-33-96(77)106/h3-72H,1-2H3. The zero-order chi connectivity index (χ0) is 80.6. The van der Waals surface area contributed by atoms with Crippen LogP contribution in [-0.4, -0.2) is 19.9 Å². The Bertz CT molecular complexity index is 7280. The predicted molar refractivity (Wildman–Crippen MR) is 505 cm³/mol. The fraction of sp³-hybridized carbons (Fsp3) is 0.0175. The summed E-state index contributed by atoms with van der Waals surface area (Å²) < 4.78 is 0. The molecule has 0 aliphatic rings. The van der Waals surface area contributed by atoms with Crippen molar-refractivity contribution in [1.82, 2.24) is 19.9 Å². The SMILES string of the molecule is Cc1cc(-c2ccc(-c3ccccc3-c3cc(Cl)cc(-c4cc(-c5ccc(-c6ccc(-c7ccccc7-c7cc(Cl)cc(-c8ccccc8-c8ccc(-c9cccc%10ccccc9%10)nc8)c7)cn6)c6ccccc56)ccc4-c4ccc(-c5cc(C)c(-c6cccc(-c7ccccc7)c6)cn5)cc4)c3)cc2)ncc1-c1cccc(-c2ccccc2)c1. The van der Waals surface area contributed by atoms with E-state index in [1.54, 1.807) is 0 Å². The Labute approximate surface area is 709 Å². The molecule has 4 aromatic heterocycles. The number of hydrogen-bond acceptors (Lipinski definition) is 4. The maximum atomic E-state index is 7.47. The maximum Gasteiger partial charge on any atom is 0.0708 e. The van der Waals surface area contributed by atoms with E-state index in [-0.39, 0.29) is 0 Å². The Morgan fingerprint density at radius 3 is 0.925 bits per heavy atom. The van der Waals surface area contributed by atoms with Crippen LogP contribution < -0.4 is 0 Å². The van der Waals surface area contributed by atoms with E-state index < -0.39 is 0 Å². The summed E-state index contributed by atoms with van der Waals surface area (Å²) in [6, 6.07) is 143. The quantitative estimate of drug-likeness (QED) is 0.0912. The second-order valence-electron chi connectivity index (χ2n) is 30.8. The lowest BCUT2D eigenvalue weighted by molar-refractivity contribution is 1.29. The van der Waals surface area contributed by atoms with Gasteiger partial charge in [0.2, 0.25) is 0 Å². The van der Waals surface area contributed by atoms with Crippen molar-refractivity contribution in [3.8, 4) is 190 Å². The van der Waals surface area contributed by atoms with Gasteiger partial charge in [0, 0.05) is 79.3 Å². The van der Waals surface area contributed by atoms with Gasteiger partial charge in [-0.15, -0.1) is 0 Å². The third kappa shape index (κ3) is 14.8. The molecule has 0 atom stereocenters. The molecule has 0 amide bonds. The number of nitrogens with zero attached hydrogens (tertiary/aromatic N) is 4. The van der Waals surface area contributed by atoms with Crippen LogP contribution in [-0.2, 0) is 0 Å². The zero-order valence-electron chi connectivity index (χ0n) is 66.0. The van der Waals surface area contributed by atoms with Gasteiger partial charge in [-0.2, -0.15) is 0 Å². The first-order chi connectivity index (χ1) is 59.1. The fourth-order valence-electron chi connectivity index (χ4n) is 17.3. The third-order valence-electron chi connectivity index (χ3n) is 23.3. The smallest absolute Gasteiger partial charge is 0.0708 e. The van der Waals surface area contributed by atoms with E-state index in [9.17, 15) is 0 Å². The average Bonchev–Trinajstić information content (AvgIpc) is 0.760. The lowest BCUT2D eigenvalue weighted by Gasteiger charge is -2.18. The van der Waals surface area contributed by atoms with Crippen LogP contribution in [0.15, 0.2) is 425 Å². The normalized spacial score (nSPS) is 11.3. The van der Waals surface area contributed by atoms with Crippen molar-refractivity contribution < 1.29 is 0 Å². The van der Waals surface area contributed by atoms with Crippen molar-refractivity contribution in [1.29, 1.82) is 0 Å². The molecule has 0 fully saturated rings. The molecule has 0 saturated carbocycles. The highest BCUT2D eigenvalue weighted by Crippen LogP contribution is 2.47. The van der Waals surface area contributed by atoms with Gasteiger partial charge in [-0.05, 0) is 248 Å². The molecule has 0 bridgehead atoms. The minimum absolute atomic E-state index is 0.634. The van der Waals surface area contributed by atoms with Gasteiger partial charge < -0.3 is 0 Å². The summed E-state index contributed by atoms with van der Waals surface area (Å²) in [6.45, 7) is 4.35. The average molecular weight is 1570 g/mol. The third-order valence-corrected chi connectivity index (χ3v) is 23.8. The van der Waals surface area contributed by atoms with E-state index >= 15 is 0 Å². The first kappa shape index (κ1) is 74.1. The largest absolute Gasteiger partial charge is 0.256 e. The van der Waals surface area contributed by atoms with Crippen LogP contribution in [0.1, 0.15) is 11.1 Å². The molecule has 20 rings (SSSR count). The van der Waals surface area contributed by atoms with Gasteiger partial charge in [-0.3, -0.25) is 19.9 Å². The summed E-state index contributed by atoms with van der Waals surface area (Å²) in [5.74, 6) is 0. The molecule has 16 aromatic carbocycles. The molecular formula is C114H76Cl2N4. The van der Waals surface area contributed by atoms with Gasteiger partial charge >= 0.3 is 0 Å². The van der Waals surface area contributed by atoms with E-state index in [0.29, 0.717) is 10.0 Å². The number of benzene rings is 16. The van der Waals surface area contributed by atoms with Crippen molar-refractivity contribution in [3.63, 3.8) is 0 Å². The van der Waals surface area contributed by atoms with Gasteiger partial charge in [0.25, 0.3) is 0 Å². The number of fused-ring (bicyclic) bond motifs is 2. The van der Waals surface area contributed by atoms with E-state index in [1.165, 1.54) is 33.0 Å². The van der Waals surface area contributed by atoms with E-state index in [2.05, 4.69) is 414 Å². The second kappa shape index (κ2) is 32.4. The minimum Gasteiger partial charge on any atom is -0.256 e. The fourth-order valence-corrected chi connectivity index (χ4v) is 17.7. The summed E-state index contributed by atoms with van der Waals surface area (Å²) >= 11 is 14.6. The molecule has 4 heterocycles. The molecule has 0 unspecified atom stereocenters. The number of aryl methyl sites for hydroxylation is 2. The molecule has 566 valence electrons. The van der Waals surface area contributed by atoms with Crippen molar-refractivity contribution in [2.45, 2.75) is 13.8 Å². The monoisotopic (exact) mass is 1570 g/mol. The van der Waals surface area contributed by atoms with E-state index in [4.69, 9.17) is 43.1 Å². The molecule has 0 N–H and O–H groups in total. The van der Waals surface area contributed by atoms with Crippen molar-refractivity contribution in [3.05, 3.63) is 446 Å². The molecule has 0 radical (unpaired) electrons. The molecule has 120 heavy (non-hydrogen) atoms. The number of halogens is 2. The summed E-state index contributed by atoms with van der Waals surface area (Å²) in [5.41, 5.74) is 38.3. The number of rotatable bonds is 17. The maximum absolute atomic E-state index is 7.47. The molecule has 0 aliphatic heterocycles. The molecule has 0 saturated heterocycles. The molecule has 6 heteroatoms.